The topological polar surface area (TPSA) is 55.9 Å². The highest BCUT2D eigenvalue weighted by Gasteiger charge is 2.30. The Balaban J connectivity index is 2.06. The van der Waals surface area contributed by atoms with E-state index in [1.54, 1.807) is 0 Å². The lowest BCUT2D eigenvalue weighted by Gasteiger charge is -2.21. The highest BCUT2D eigenvalue weighted by Crippen LogP contribution is 2.39. The van der Waals surface area contributed by atoms with Gasteiger partial charge in [-0.3, -0.25) is 16.0 Å². The summed E-state index contributed by atoms with van der Waals surface area (Å²) in [5.41, 5.74) is 4.22. The zero-order valence-corrected chi connectivity index (χ0v) is 10.9. The predicted octanol–water partition coefficient (Wildman–Crippen LogP) is 2.23. The first-order valence-corrected chi connectivity index (χ1v) is 6.76. The molecule has 0 aliphatic heterocycles. The summed E-state index contributed by atoms with van der Waals surface area (Å²) < 4.78 is 1.96. The van der Waals surface area contributed by atoms with Gasteiger partial charge in [0.05, 0.1) is 12.2 Å². The average Bonchev–Trinajstić information content (AvgIpc) is 2.99. The second kappa shape index (κ2) is 5.65. The molecule has 0 spiro atoms. The smallest absolute Gasteiger partial charge is 0.0538 e. The van der Waals surface area contributed by atoms with Gasteiger partial charge in [-0.2, -0.15) is 5.10 Å². The minimum Gasteiger partial charge on any atom is -0.273 e. The minimum absolute atomic E-state index is 0.270. The van der Waals surface area contributed by atoms with Crippen molar-refractivity contribution >= 4 is 0 Å². The third-order valence-electron chi connectivity index (χ3n) is 4.15. The molecule has 1 aromatic heterocycles. The Morgan fingerprint density at radius 2 is 2.35 bits per heavy atom. The molecule has 0 saturated heterocycles. The molecule has 3 atom stereocenters. The number of rotatable bonds is 5. The van der Waals surface area contributed by atoms with Crippen LogP contribution in [0.5, 0.6) is 0 Å². The Morgan fingerprint density at radius 3 is 2.88 bits per heavy atom. The van der Waals surface area contributed by atoms with E-state index in [2.05, 4.69) is 30.6 Å². The summed E-state index contributed by atoms with van der Waals surface area (Å²) in [5.74, 6) is 7.29. The summed E-state index contributed by atoms with van der Waals surface area (Å²) >= 11 is 0. The average molecular weight is 236 g/mol. The molecule has 0 amide bonds. The van der Waals surface area contributed by atoms with Crippen LogP contribution < -0.4 is 11.3 Å². The van der Waals surface area contributed by atoms with Crippen LogP contribution in [-0.2, 0) is 6.54 Å². The van der Waals surface area contributed by atoms with Crippen LogP contribution in [0.25, 0.3) is 0 Å². The number of hydrazine groups is 1. The van der Waals surface area contributed by atoms with Gasteiger partial charge in [0.1, 0.15) is 0 Å². The molecule has 3 unspecified atom stereocenters. The molecule has 3 N–H and O–H groups in total. The van der Waals surface area contributed by atoms with Crippen molar-refractivity contribution in [3.05, 3.63) is 18.0 Å². The van der Waals surface area contributed by atoms with Gasteiger partial charge in [-0.1, -0.05) is 19.8 Å². The van der Waals surface area contributed by atoms with E-state index >= 15 is 0 Å². The van der Waals surface area contributed by atoms with E-state index in [1.165, 1.54) is 31.2 Å². The lowest BCUT2D eigenvalue weighted by molar-refractivity contribution is 0.358. The van der Waals surface area contributed by atoms with Crippen LogP contribution in [0.4, 0.5) is 0 Å². The second-order valence-corrected chi connectivity index (χ2v) is 5.12. The summed E-state index contributed by atoms with van der Waals surface area (Å²) in [4.78, 5) is 0. The van der Waals surface area contributed by atoms with Crippen molar-refractivity contribution in [2.75, 3.05) is 0 Å². The fourth-order valence-electron chi connectivity index (χ4n) is 3.00. The molecule has 1 fully saturated rings. The molecule has 96 valence electrons. The molecular weight excluding hydrogens is 212 g/mol. The highest BCUT2D eigenvalue weighted by molar-refractivity contribution is 5.12. The lowest BCUT2D eigenvalue weighted by Crippen LogP contribution is -2.32. The van der Waals surface area contributed by atoms with Gasteiger partial charge in [0.25, 0.3) is 0 Å². The number of nitrogens with one attached hydrogen (secondary N) is 1. The first kappa shape index (κ1) is 12.6. The van der Waals surface area contributed by atoms with Crippen LogP contribution in [0.1, 0.15) is 51.1 Å². The van der Waals surface area contributed by atoms with Gasteiger partial charge in [-0.25, -0.2) is 0 Å². The van der Waals surface area contributed by atoms with Gasteiger partial charge in [0.15, 0.2) is 0 Å². The van der Waals surface area contributed by atoms with E-state index < -0.39 is 0 Å². The number of hydrogen-bond donors (Lipinski definition) is 2. The van der Waals surface area contributed by atoms with Gasteiger partial charge in [-0.15, -0.1) is 0 Å². The summed E-state index contributed by atoms with van der Waals surface area (Å²) in [6, 6.07) is 0.270. The Morgan fingerprint density at radius 1 is 1.53 bits per heavy atom. The minimum atomic E-state index is 0.270. The Hall–Kier alpha value is -0.870. The Bertz CT molecular complexity index is 347. The van der Waals surface area contributed by atoms with E-state index in [0.717, 1.165) is 12.5 Å². The van der Waals surface area contributed by atoms with Crippen LogP contribution in [0.3, 0.4) is 0 Å². The van der Waals surface area contributed by atoms with Gasteiger partial charge in [0, 0.05) is 18.3 Å². The van der Waals surface area contributed by atoms with Crippen LogP contribution in [-0.4, -0.2) is 9.78 Å². The molecule has 4 heteroatoms. The molecule has 0 aromatic carbocycles. The molecule has 1 aromatic rings. The standard InChI is InChI=1S/C13H24N4/c1-3-10-5-6-11(7-10)13(16-14)12-8-15-17(4-2)9-12/h8-11,13,16H,3-7,14H2,1-2H3. The normalized spacial score (nSPS) is 26.3. The predicted molar refractivity (Wildman–Crippen MR) is 69.1 cm³/mol. The maximum atomic E-state index is 5.74. The van der Waals surface area contributed by atoms with Crippen LogP contribution >= 0.6 is 0 Å². The zero-order valence-electron chi connectivity index (χ0n) is 10.9. The third kappa shape index (κ3) is 2.69. The van der Waals surface area contributed by atoms with Crippen molar-refractivity contribution < 1.29 is 0 Å². The fraction of sp³-hybridized carbons (Fsp3) is 0.769. The molecule has 4 nitrogen and oxygen atoms in total. The Kier molecular flexibility index (Phi) is 4.18. The molecule has 0 bridgehead atoms. The molecule has 17 heavy (non-hydrogen) atoms. The summed E-state index contributed by atoms with van der Waals surface area (Å²) in [6.45, 7) is 5.30. The first-order chi connectivity index (χ1) is 8.28. The lowest BCUT2D eigenvalue weighted by atomic mass is 9.92. The molecule has 1 aliphatic carbocycles. The van der Waals surface area contributed by atoms with Crippen molar-refractivity contribution in [2.24, 2.45) is 17.7 Å². The number of aromatic nitrogens is 2. The van der Waals surface area contributed by atoms with Crippen LogP contribution in [0, 0.1) is 11.8 Å². The zero-order chi connectivity index (χ0) is 12.3. The van der Waals surface area contributed by atoms with Gasteiger partial charge >= 0.3 is 0 Å². The molecule has 1 heterocycles. The van der Waals surface area contributed by atoms with Gasteiger partial charge in [0.2, 0.25) is 0 Å². The monoisotopic (exact) mass is 236 g/mol. The van der Waals surface area contributed by atoms with Crippen molar-refractivity contribution in [3.63, 3.8) is 0 Å². The van der Waals surface area contributed by atoms with E-state index in [4.69, 9.17) is 5.84 Å². The Labute approximate surface area is 104 Å². The summed E-state index contributed by atoms with van der Waals surface area (Å²) in [6.07, 6.45) is 9.29. The number of nitrogens with two attached hydrogens (primary N) is 1. The maximum Gasteiger partial charge on any atom is 0.0538 e. The van der Waals surface area contributed by atoms with Crippen LogP contribution in [0.2, 0.25) is 0 Å². The van der Waals surface area contributed by atoms with Gasteiger partial charge in [-0.05, 0) is 31.6 Å². The van der Waals surface area contributed by atoms with Gasteiger partial charge < -0.3 is 0 Å². The number of hydrogen-bond acceptors (Lipinski definition) is 3. The summed E-state index contributed by atoms with van der Waals surface area (Å²) in [5, 5.41) is 4.34. The van der Waals surface area contributed by atoms with E-state index in [9.17, 15) is 0 Å². The van der Waals surface area contributed by atoms with Crippen molar-refractivity contribution in [1.29, 1.82) is 0 Å². The van der Waals surface area contributed by atoms with E-state index in [0.29, 0.717) is 5.92 Å². The molecular formula is C13H24N4. The quantitative estimate of drug-likeness (QED) is 0.609. The molecule has 2 rings (SSSR count). The largest absolute Gasteiger partial charge is 0.273 e. The van der Waals surface area contributed by atoms with Crippen molar-refractivity contribution in [3.8, 4) is 0 Å². The van der Waals surface area contributed by atoms with E-state index in [1.807, 2.05) is 10.9 Å². The van der Waals surface area contributed by atoms with Crippen molar-refractivity contribution in [1.82, 2.24) is 15.2 Å². The summed E-state index contributed by atoms with van der Waals surface area (Å²) in [7, 11) is 0. The number of aryl methyl sites for hydroxylation is 1. The number of nitrogens with zero attached hydrogens (tertiary/aromatic N) is 2. The molecule has 1 saturated carbocycles. The highest BCUT2D eigenvalue weighted by atomic mass is 15.3. The molecule has 0 radical (unpaired) electrons. The van der Waals surface area contributed by atoms with Crippen molar-refractivity contribution in [2.45, 2.75) is 52.1 Å². The second-order valence-electron chi connectivity index (χ2n) is 5.12. The maximum absolute atomic E-state index is 5.74. The molecule has 1 aliphatic rings. The third-order valence-corrected chi connectivity index (χ3v) is 4.15. The fourth-order valence-corrected chi connectivity index (χ4v) is 3.00. The first-order valence-electron chi connectivity index (χ1n) is 6.76. The van der Waals surface area contributed by atoms with E-state index in [-0.39, 0.29) is 6.04 Å². The SMILES string of the molecule is CCC1CCC(C(NN)c2cnn(CC)c2)C1. The van der Waals surface area contributed by atoms with Crippen LogP contribution in [0.15, 0.2) is 12.4 Å².